The SMILES string of the molecule is CO.COC[C@@H]1CC(N)[C@H](n2cc(C)c(N)nc2=O)O1. The molecule has 8 heteroatoms. The molecule has 0 aromatic carbocycles. The third-order valence-electron chi connectivity index (χ3n) is 3.03. The standard InChI is InChI=1S/C11H18N4O3.CH4O/c1-6-4-15(11(16)14-9(6)13)10-8(12)3-7(18-10)5-17-2;1-2/h4,7-8,10H,3,5,12H2,1-2H3,(H2,13,14,16);2H,1H3/t7-,8?,10+;/m0./s1. The van der Waals surface area contributed by atoms with Crippen LogP contribution in [0.5, 0.6) is 0 Å². The molecule has 1 aliphatic rings. The summed E-state index contributed by atoms with van der Waals surface area (Å²) in [7, 11) is 2.60. The van der Waals surface area contributed by atoms with Crippen LogP contribution in [0.3, 0.4) is 0 Å². The second-order valence-corrected chi connectivity index (χ2v) is 4.50. The average Bonchev–Trinajstić information content (AvgIpc) is 2.78. The molecule has 0 radical (unpaired) electrons. The van der Waals surface area contributed by atoms with E-state index in [1.807, 2.05) is 0 Å². The van der Waals surface area contributed by atoms with Gasteiger partial charge in [0.2, 0.25) is 0 Å². The number of nitrogen functional groups attached to an aromatic ring is 1. The van der Waals surface area contributed by atoms with Crippen molar-refractivity contribution in [1.29, 1.82) is 0 Å². The summed E-state index contributed by atoms with van der Waals surface area (Å²) in [4.78, 5) is 15.5. The van der Waals surface area contributed by atoms with Crippen molar-refractivity contribution in [2.24, 2.45) is 5.73 Å². The van der Waals surface area contributed by atoms with Crippen molar-refractivity contribution in [3.05, 3.63) is 22.2 Å². The Balaban J connectivity index is 0.000000956. The van der Waals surface area contributed by atoms with Crippen LogP contribution < -0.4 is 17.2 Å². The molecule has 0 spiro atoms. The number of aromatic nitrogens is 2. The maximum absolute atomic E-state index is 11.8. The summed E-state index contributed by atoms with van der Waals surface area (Å²) in [5.74, 6) is 0.233. The molecule has 0 saturated carbocycles. The minimum absolute atomic E-state index is 0.0974. The first-order chi connectivity index (χ1) is 9.52. The molecule has 1 saturated heterocycles. The molecule has 3 atom stereocenters. The van der Waals surface area contributed by atoms with Crippen molar-refractivity contribution in [2.75, 3.05) is 26.6 Å². The van der Waals surface area contributed by atoms with Crippen LogP contribution in [-0.4, -0.2) is 47.6 Å². The molecule has 2 heterocycles. The lowest BCUT2D eigenvalue weighted by Crippen LogP contribution is -2.36. The Morgan fingerprint density at radius 2 is 2.25 bits per heavy atom. The van der Waals surface area contributed by atoms with Crippen LogP contribution >= 0.6 is 0 Å². The topological polar surface area (TPSA) is 126 Å². The third kappa shape index (κ3) is 3.54. The molecular formula is C12H22N4O4. The summed E-state index contributed by atoms with van der Waals surface area (Å²) in [6.45, 7) is 2.24. The van der Waals surface area contributed by atoms with E-state index >= 15 is 0 Å². The lowest BCUT2D eigenvalue weighted by atomic mass is 10.2. The molecule has 1 fully saturated rings. The minimum Gasteiger partial charge on any atom is -0.400 e. The molecule has 1 unspecified atom stereocenters. The quantitative estimate of drug-likeness (QED) is 0.651. The fourth-order valence-corrected chi connectivity index (χ4v) is 2.10. The van der Waals surface area contributed by atoms with Crippen molar-refractivity contribution in [2.45, 2.75) is 31.7 Å². The number of ether oxygens (including phenoxy) is 2. The Morgan fingerprint density at radius 1 is 1.60 bits per heavy atom. The van der Waals surface area contributed by atoms with Gasteiger partial charge in [-0.05, 0) is 13.3 Å². The van der Waals surface area contributed by atoms with Gasteiger partial charge in [-0.2, -0.15) is 4.98 Å². The zero-order valence-electron chi connectivity index (χ0n) is 11.9. The fraction of sp³-hybridized carbons (Fsp3) is 0.667. The van der Waals surface area contributed by atoms with Crippen LogP contribution in [0, 0.1) is 6.92 Å². The number of hydrogen-bond donors (Lipinski definition) is 3. The van der Waals surface area contributed by atoms with Gasteiger partial charge in [-0.25, -0.2) is 4.79 Å². The van der Waals surface area contributed by atoms with Crippen LogP contribution in [0.4, 0.5) is 5.82 Å². The number of nitrogens with zero attached hydrogens (tertiary/aromatic N) is 2. The van der Waals surface area contributed by atoms with Crippen LogP contribution in [0.25, 0.3) is 0 Å². The monoisotopic (exact) mass is 286 g/mol. The number of rotatable bonds is 3. The number of hydrogen-bond acceptors (Lipinski definition) is 7. The van der Waals surface area contributed by atoms with Gasteiger partial charge in [0, 0.05) is 26.0 Å². The van der Waals surface area contributed by atoms with Crippen molar-refractivity contribution >= 4 is 5.82 Å². The summed E-state index contributed by atoms with van der Waals surface area (Å²) >= 11 is 0. The Labute approximate surface area is 117 Å². The van der Waals surface area contributed by atoms with Crippen LogP contribution in [0.1, 0.15) is 18.2 Å². The molecule has 2 rings (SSSR count). The van der Waals surface area contributed by atoms with E-state index in [0.717, 1.165) is 12.7 Å². The zero-order chi connectivity index (χ0) is 15.3. The van der Waals surface area contributed by atoms with E-state index in [4.69, 9.17) is 26.0 Å². The molecule has 5 N–H and O–H groups in total. The van der Waals surface area contributed by atoms with Gasteiger partial charge >= 0.3 is 5.69 Å². The summed E-state index contributed by atoms with van der Waals surface area (Å²) in [5.41, 5.74) is 11.8. The lowest BCUT2D eigenvalue weighted by molar-refractivity contribution is -0.0364. The Morgan fingerprint density at radius 3 is 2.85 bits per heavy atom. The average molecular weight is 286 g/mol. The highest BCUT2D eigenvalue weighted by molar-refractivity contribution is 5.35. The second kappa shape index (κ2) is 7.34. The van der Waals surface area contributed by atoms with Gasteiger partial charge in [0.05, 0.1) is 18.8 Å². The highest BCUT2D eigenvalue weighted by Gasteiger charge is 2.34. The van der Waals surface area contributed by atoms with Crippen LogP contribution in [0.15, 0.2) is 11.0 Å². The van der Waals surface area contributed by atoms with Crippen molar-refractivity contribution in [3.63, 3.8) is 0 Å². The van der Waals surface area contributed by atoms with Gasteiger partial charge in [0.15, 0.2) is 6.23 Å². The zero-order valence-corrected chi connectivity index (χ0v) is 11.9. The maximum Gasteiger partial charge on any atom is 0.351 e. The number of nitrogens with two attached hydrogens (primary N) is 2. The predicted octanol–water partition coefficient (Wildman–Crippen LogP) is -0.996. The first kappa shape index (κ1) is 16.6. The molecule has 1 aromatic heterocycles. The summed E-state index contributed by atoms with van der Waals surface area (Å²) < 4.78 is 12.1. The number of aliphatic hydroxyl groups is 1. The molecule has 114 valence electrons. The molecule has 20 heavy (non-hydrogen) atoms. The van der Waals surface area contributed by atoms with E-state index in [2.05, 4.69) is 4.98 Å². The Kier molecular flexibility index (Phi) is 6.08. The number of aryl methyl sites for hydroxylation is 1. The molecule has 1 aliphatic heterocycles. The number of anilines is 1. The van der Waals surface area contributed by atoms with Gasteiger partial charge < -0.3 is 26.0 Å². The van der Waals surface area contributed by atoms with Gasteiger partial charge in [-0.15, -0.1) is 0 Å². The van der Waals surface area contributed by atoms with Crippen molar-refractivity contribution < 1.29 is 14.6 Å². The van der Waals surface area contributed by atoms with Gasteiger partial charge in [0.1, 0.15) is 5.82 Å². The third-order valence-corrected chi connectivity index (χ3v) is 3.03. The predicted molar refractivity (Wildman–Crippen MR) is 74.2 cm³/mol. The van der Waals surface area contributed by atoms with Gasteiger partial charge in [0.25, 0.3) is 0 Å². The highest BCUT2D eigenvalue weighted by Crippen LogP contribution is 2.26. The number of aliphatic hydroxyl groups excluding tert-OH is 1. The Hall–Kier alpha value is -1.48. The van der Waals surface area contributed by atoms with Gasteiger partial charge in [-0.3, -0.25) is 4.57 Å². The Bertz CT molecular complexity index is 491. The van der Waals surface area contributed by atoms with Crippen LogP contribution in [0.2, 0.25) is 0 Å². The molecule has 0 aliphatic carbocycles. The van der Waals surface area contributed by atoms with Crippen molar-refractivity contribution in [3.8, 4) is 0 Å². The van der Waals surface area contributed by atoms with E-state index in [1.165, 1.54) is 4.57 Å². The fourth-order valence-electron chi connectivity index (χ4n) is 2.10. The van der Waals surface area contributed by atoms with Crippen LogP contribution in [-0.2, 0) is 9.47 Å². The van der Waals surface area contributed by atoms with E-state index in [1.54, 1.807) is 20.2 Å². The van der Waals surface area contributed by atoms with Crippen molar-refractivity contribution in [1.82, 2.24) is 9.55 Å². The molecule has 1 aromatic rings. The maximum atomic E-state index is 11.8. The summed E-state index contributed by atoms with van der Waals surface area (Å²) in [6.07, 6.45) is 1.67. The lowest BCUT2D eigenvalue weighted by Gasteiger charge is -2.18. The van der Waals surface area contributed by atoms with E-state index in [9.17, 15) is 4.79 Å². The summed E-state index contributed by atoms with van der Waals surface area (Å²) in [5, 5.41) is 7.00. The van der Waals surface area contributed by atoms with E-state index < -0.39 is 11.9 Å². The first-order valence-electron chi connectivity index (χ1n) is 6.23. The number of methoxy groups -OCH3 is 1. The first-order valence-corrected chi connectivity index (χ1v) is 6.23. The van der Waals surface area contributed by atoms with E-state index in [0.29, 0.717) is 13.0 Å². The second-order valence-electron chi connectivity index (χ2n) is 4.50. The largest absolute Gasteiger partial charge is 0.400 e. The normalized spacial score (nSPS) is 25.1. The molecule has 8 nitrogen and oxygen atoms in total. The van der Waals surface area contributed by atoms with E-state index in [-0.39, 0.29) is 18.0 Å². The highest BCUT2D eigenvalue weighted by atomic mass is 16.5. The smallest absolute Gasteiger partial charge is 0.351 e. The summed E-state index contributed by atoms with van der Waals surface area (Å²) in [6, 6.07) is -0.257. The minimum atomic E-state index is -0.510. The molecule has 0 amide bonds. The molecular weight excluding hydrogens is 264 g/mol. The van der Waals surface area contributed by atoms with Gasteiger partial charge in [-0.1, -0.05) is 0 Å². The molecule has 0 bridgehead atoms.